The van der Waals surface area contributed by atoms with Crippen LogP contribution >= 0.6 is 11.8 Å². The van der Waals surface area contributed by atoms with Crippen molar-refractivity contribution in [3.8, 4) is 0 Å². The Balaban J connectivity index is 2.01. The maximum Gasteiger partial charge on any atom is 0.241 e. The lowest BCUT2D eigenvalue weighted by Crippen LogP contribution is -2.36. The number of nitrogens with one attached hydrogen (secondary N) is 2. The van der Waals surface area contributed by atoms with Gasteiger partial charge in [-0.1, -0.05) is 0 Å². The summed E-state index contributed by atoms with van der Waals surface area (Å²) in [6.45, 7) is 0. The molecule has 18 heavy (non-hydrogen) atoms. The van der Waals surface area contributed by atoms with Crippen molar-refractivity contribution in [3.05, 3.63) is 24.4 Å². The number of aromatic nitrogens is 2. The second-order valence-electron chi connectivity index (χ2n) is 4.05. The molecular weight excluding hydrogens is 248 g/mol. The van der Waals surface area contributed by atoms with E-state index < -0.39 is 6.04 Å². The molecule has 0 aliphatic heterocycles. The number of aromatic amines is 1. The molecule has 96 valence electrons. The van der Waals surface area contributed by atoms with Crippen LogP contribution in [0.4, 0.5) is 5.69 Å². The molecule has 5 nitrogen and oxygen atoms in total. The normalized spacial score (nSPS) is 12.6. The number of amides is 1. The van der Waals surface area contributed by atoms with Crippen molar-refractivity contribution >= 4 is 34.3 Å². The van der Waals surface area contributed by atoms with Crippen LogP contribution in [0.2, 0.25) is 0 Å². The van der Waals surface area contributed by atoms with Gasteiger partial charge < -0.3 is 11.1 Å². The molecule has 1 heterocycles. The quantitative estimate of drug-likeness (QED) is 0.765. The highest BCUT2D eigenvalue weighted by molar-refractivity contribution is 7.98. The summed E-state index contributed by atoms with van der Waals surface area (Å²) in [5.41, 5.74) is 7.42. The number of carbonyl (C=O) groups excluding carboxylic acids is 1. The van der Waals surface area contributed by atoms with E-state index in [-0.39, 0.29) is 5.91 Å². The van der Waals surface area contributed by atoms with Crippen LogP contribution in [0.5, 0.6) is 0 Å². The number of hydrogen-bond donors (Lipinski definition) is 3. The first-order chi connectivity index (χ1) is 8.70. The number of carbonyl (C=O) groups is 1. The van der Waals surface area contributed by atoms with Crippen LogP contribution in [-0.2, 0) is 4.79 Å². The Labute approximate surface area is 110 Å². The SMILES string of the molecule is CSCC[C@H](N)C(=O)Nc1ccc2cn[nH]c2c1. The Hall–Kier alpha value is -1.53. The van der Waals surface area contributed by atoms with Gasteiger partial charge in [0.25, 0.3) is 0 Å². The van der Waals surface area contributed by atoms with Crippen LogP contribution in [0.1, 0.15) is 6.42 Å². The van der Waals surface area contributed by atoms with Gasteiger partial charge >= 0.3 is 0 Å². The Morgan fingerprint density at radius 2 is 2.44 bits per heavy atom. The van der Waals surface area contributed by atoms with Crippen LogP contribution in [0.25, 0.3) is 10.9 Å². The minimum Gasteiger partial charge on any atom is -0.325 e. The number of hydrogen-bond acceptors (Lipinski definition) is 4. The van der Waals surface area contributed by atoms with Gasteiger partial charge in [-0.3, -0.25) is 9.89 Å². The summed E-state index contributed by atoms with van der Waals surface area (Å²) < 4.78 is 0. The molecule has 0 saturated heterocycles. The van der Waals surface area contributed by atoms with E-state index in [1.807, 2.05) is 24.5 Å². The average Bonchev–Trinajstić information content (AvgIpc) is 2.83. The Morgan fingerprint density at radius 1 is 1.61 bits per heavy atom. The topological polar surface area (TPSA) is 83.8 Å². The molecule has 0 aliphatic carbocycles. The molecule has 0 aliphatic rings. The smallest absolute Gasteiger partial charge is 0.241 e. The van der Waals surface area contributed by atoms with Crippen molar-refractivity contribution in [3.63, 3.8) is 0 Å². The fourth-order valence-corrected chi connectivity index (χ4v) is 2.12. The molecule has 6 heteroatoms. The molecule has 0 unspecified atom stereocenters. The summed E-state index contributed by atoms with van der Waals surface area (Å²) in [7, 11) is 0. The first-order valence-corrected chi connectivity index (χ1v) is 7.08. The number of fused-ring (bicyclic) bond motifs is 1. The minimum absolute atomic E-state index is 0.150. The molecule has 1 amide bonds. The molecular formula is C12H16N4OS. The molecule has 1 aromatic heterocycles. The standard InChI is InChI=1S/C12H16N4OS/c1-18-5-4-10(13)12(17)15-9-3-2-8-7-14-16-11(8)6-9/h2-3,6-7,10H,4-5,13H2,1H3,(H,14,16)(H,15,17)/t10-/m0/s1. The van der Waals surface area contributed by atoms with E-state index in [0.29, 0.717) is 6.42 Å². The third-order valence-electron chi connectivity index (χ3n) is 2.68. The average molecular weight is 264 g/mol. The molecule has 1 atom stereocenters. The number of H-pyrrole nitrogens is 1. The summed E-state index contributed by atoms with van der Waals surface area (Å²) in [6, 6.07) is 5.13. The predicted octanol–water partition coefficient (Wildman–Crippen LogP) is 1.58. The molecule has 2 rings (SSSR count). The van der Waals surface area contributed by atoms with Gasteiger partial charge in [-0.05, 0) is 36.6 Å². The lowest BCUT2D eigenvalue weighted by Gasteiger charge is -2.11. The van der Waals surface area contributed by atoms with Gasteiger partial charge in [0.2, 0.25) is 5.91 Å². The van der Waals surface area contributed by atoms with Gasteiger partial charge in [0.05, 0.1) is 17.8 Å². The highest BCUT2D eigenvalue weighted by atomic mass is 32.2. The van der Waals surface area contributed by atoms with E-state index >= 15 is 0 Å². The summed E-state index contributed by atoms with van der Waals surface area (Å²) in [6.07, 6.45) is 4.42. The summed E-state index contributed by atoms with van der Waals surface area (Å²) >= 11 is 1.68. The molecule has 1 aromatic carbocycles. The van der Waals surface area contributed by atoms with Crippen LogP contribution in [-0.4, -0.2) is 34.2 Å². The second kappa shape index (κ2) is 5.88. The first kappa shape index (κ1) is 12.9. The van der Waals surface area contributed by atoms with Crippen LogP contribution in [0.3, 0.4) is 0 Å². The zero-order valence-electron chi connectivity index (χ0n) is 10.1. The van der Waals surface area contributed by atoms with Crippen molar-refractivity contribution in [1.29, 1.82) is 0 Å². The lowest BCUT2D eigenvalue weighted by atomic mass is 10.2. The highest BCUT2D eigenvalue weighted by Crippen LogP contribution is 2.16. The molecule has 2 aromatic rings. The van der Waals surface area contributed by atoms with Gasteiger partial charge in [0.15, 0.2) is 0 Å². The largest absolute Gasteiger partial charge is 0.325 e. The summed E-state index contributed by atoms with van der Waals surface area (Å²) in [4.78, 5) is 11.8. The molecule has 0 spiro atoms. The van der Waals surface area contributed by atoms with Crippen molar-refractivity contribution in [1.82, 2.24) is 10.2 Å². The molecule has 0 radical (unpaired) electrons. The van der Waals surface area contributed by atoms with Gasteiger partial charge in [0, 0.05) is 11.1 Å². The number of rotatable bonds is 5. The molecule has 0 fully saturated rings. The number of anilines is 1. The third kappa shape index (κ3) is 3.02. The van der Waals surface area contributed by atoms with E-state index in [4.69, 9.17) is 5.73 Å². The van der Waals surface area contributed by atoms with Gasteiger partial charge in [-0.15, -0.1) is 0 Å². The third-order valence-corrected chi connectivity index (χ3v) is 3.32. The number of nitrogens with two attached hydrogens (primary N) is 1. The Morgan fingerprint density at radius 3 is 3.22 bits per heavy atom. The zero-order valence-corrected chi connectivity index (χ0v) is 11.0. The zero-order chi connectivity index (χ0) is 13.0. The maximum atomic E-state index is 11.8. The minimum atomic E-state index is -0.463. The van der Waals surface area contributed by atoms with Crippen LogP contribution < -0.4 is 11.1 Å². The van der Waals surface area contributed by atoms with Gasteiger partial charge in [-0.25, -0.2) is 0 Å². The van der Waals surface area contributed by atoms with Crippen molar-refractivity contribution < 1.29 is 4.79 Å². The highest BCUT2D eigenvalue weighted by Gasteiger charge is 2.13. The van der Waals surface area contributed by atoms with E-state index in [1.54, 1.807) is 18.0 Å². The Kier molecular flexibility index (Phi) is 4.22. The second-order valence-corrected chi connectivity index (χ2v) is 5.03. The fraction of sp³-hybridized carbons (Fsp3) is 0.333. The fourth-order valence-electron chi connectivity index (χ4n) is 1.63. The molecule has 0 bridgehead atoms. The summed E-state index contributed by atoms with van der Waals surface area (Å²) in [5, 5.41) is 10.6. The van der Waals surface area contributed by atoms with E-state index in [2.05, 4.69) is 15.5 Å². The van der Waals surface area contributed by atoms with Gasteiger partial charge in [0.1, 0.15) is 0 Å². The van der Waals surface area contributed by atoms with Crippen molar-refractivity contribution in [2.24, 2.45) is 5.73 Å². The first-order valence-electron chi connectivity index (χ1n) is 5.69. The maximum absolute atomic E-state index is 11.8. The van der Waals surface area contributed by atoms with E-state index in [0.717, 1.165) is 22.3 Å². The van der Waals surface area contributed by atoms with Gasteiger partial charge in [-0.2, -0.15) is 16.9 Å². The van der Waals surface area contributed by atoms with Crippen LogP contribution in [0.15, 0.2) is 24.4 Å². The summed E-state index contributed by atoms with van der Waals surface area (Å²) in [5.74, 6) is 0.733. The van der Waals surface area contributed by atoms with Crippen LogP contribution in [0, 0.1) is 0 Å². The Bertz CT molecular complexity index is 540. The van der Waals surface area contributed by atoms with Crippen molar-refractivity contribution in [2.45, 2.75) is 12.5 Å². The van der Waals surface area contributed by atoms with E-state index in [1.165, 1.54) is 0 Å². The predicted molar refractivity (Wildman–Crippen MR) is 75.7 cm³/mol. The molecule has 0 saturated carbocycles. The van der Waals surface area contributed by atoms with Crippen molar-refractivity contribution in [2.75, 3.05) is 17.3 Å². The number of nitrogens with zero attached hydrogens (tertiary/aromatic N) is 1. The van der Waals surface area contributed by atoms with E-state index in [9.17, 15) is 4.79 Å². The number of benzene rings is 1. The lowest BCUT2D eigenvalue weighted by molar-refractivity contribution is -0.117. The molecule has 4 N–H and O–H groups in total. The number of thioether (sulfide) groups is 1. The monoisotopic (exact) mass is 264 g/mol.